The van der Waals surface area contributed by atoms with E-state index in [2.05, 4.69) is 0 Å². The van der Waals surface area contributed by atoms with Gasteiger partial charge in [0.1, 0.15) is 0 Å². The molecule has 0 saturated carbocycles. The van der Waals surface area contributed by atoms with Crippen LogP contribution in [0, 0.1) is 10.1 Å². The van der Waals surface area contributed by atoms with Crippen molar-refractivity contribution in [3.05, 3.63) is 81.4 Å². The zero-order valence-corrected chi connectivity index (χ0v) is 18.2. The van der Waals surface area contributed by atoms with Crippen LogP contribution in [-0.4, -0.2) is 53.4 Å². The van der Waals surface area contributed by atoms with Crippen molar-refractivity contribution < 1.29 is 23.2 Å². The number of nitro benzene ring substituents is 1. The van der Waals surface area contributed by atoms with Crippen molar-refractivity contribution in [2.24, 2.45) is 0 Å². The Hall–Kier alpha value is -3.21. The van der Waals surface area contributed by atoms with Gasteiger partial charge in [-0.15, -0.1) is 0 Å². The zero-order valence-electron chi connectivity index (χ0n) is 16.6. The second-order valence-electron chi connectivity index (χ2n) is 7.36. The number of benzene rings is 3. The fourth-order valence-corrected chi connectivity index (χ4v) is 5.47. The number of sulfonamides is 1. The molecule has 1 atom stereocenters. The third kappa shape index (κ3) is 4.12. The molecule has 0 bridgehead atoms. The highest BCUT2D eigenvalue weighted by atomic mass is 35.5. The molecule has 0 spiro atoms. The van der Waals surface area contributed by atoms with Gasteiger partial charge in [-0.05, 0) is 40.6 Å². The number of hydrogen-bond acceptors (Lipinski definition) is 5. The van der Waals surface area contributed by atoms with Gasteiger partial charge in [-0.1, -0.05) is 35.9 Å². The highest BCUT2D eigenvalue weighted by Crippen LogP contribution is 2.31. The molecular formula is C21H18ClN3O6S. The Morgan fingerprint density at radius 1 is 1.03 bits per heavy atom. The molecular weight excluding hydrogens is 458 g/mol. The van der Waals surface area contributed by atoms with Gasteiger partial charge in [-0.25, -0.2) is 13.2 Å². The molecule has 0 aliphatic carbocycles. The van der Waals surface area contributed by atoms with E-state index in [1.807, 2.05) is 0 Å². The molecule has 166 valence electrons. The summed E-state index contributed by atoms with van der Waals surface area (Å²) in [6.45, 7) is -0.138. The van der Waals surface area contributed by atoms with E-state index in [-0.39, 0.29) is 30.2 Å². The number of fused-ring (bicyclic) bond motifs is 1. The van der Waals surface area contributed by atoms with Crippen molar-refractivity contribution >= 4 is 44.2 Å². The van der Waals surface area contributed by atoms with Crippen LogP contribution in [0.2, 0.25) is 5.02 Å². The summed E-state index contributed by atoms with van der Waals surface area (Å²) in [6.07, 6.45) is -1.19. The molecule has 1 heterocycles. The summed E-state index contributed by atoms with van der Waals surface area (Å²) in [5.41, 5.74) is 0.346. The Labute approximate surface area is 188 Å². The predicted octanol–water partition coefficient (Wildman–Crippen LogP) is 4.13. The van der Waals surface area contributed by atoms with E-state index in [1.165, 1.54) is 34.6 Å². The molecule has 11 heteroatoms. The maximum atomic E-state index is 13.3. The molecule has 32 heavy (non-hydrogen) atoms. The number of non-ortho nitro benzene ring substituents is 1. The molecule has 3 aromatic carbocycles. The van der Waals surface area contributed by atoms with Gasteiger partial charge in [-0.3, -0.25) is 15.0 Å². The average molecular weight is 476 g/mol. The Bertz CT molecular complexity index is 1310. The first kappa shape index (κ1) is 22.0. The summed E-state index contributed by atoms with van der Waals surface area (Å²) in [7, 11) is -3.90. The van der Waals surface area contributed by atoms with E-state index in [1.54, 1.807) is 30.3 Å². The number of nitrogens with zero attached hydrogens (tertiary/aromatic N) is 3. The molecule has 1 unspecified atom stereocenters. The standard InChI is InChI=1S/C21H18ClN3O6S/c22-17-5-1-16-12-19(8-4-15(16)11-17)32(30,31)23-9-10-24(21(26)27)20(13-23)14-2-6-18(7-3-14)25(28)29/h1-8,11-12,20H,9-10,13H2,(H,26,27). The van der Waals surface area contributed by atoms with Crippen molar-refractivity contribution in [1.82, 2.24) is 9.21 Å². The van der Waals surface area contributed by atoms with E-state index in [9.17, 15) is 28.4 Å². The van der Waals surface area contributed by atoms with Crippen LogP contribution in [0.25, 0.3) is 10.8 Å². The first-order chi connectivity index (χ1) is 15.2. The van der Waals surface area contributed by atoms with Gasteiger partial charge in [0.2, 0.25) is 10.0 Å². The molecule has 1 amide bonds. The number of piperazine rings is 1. The molecule has 1 N–H and O–H groups in total. The first-order valence-corrected chi connectivity index (χ1v) is 11.4. The van der Waals surface area contributed by atoms with Crippen LogP contribution in [0.1, 0.15) is 11.6 Å². The third-order valence-corrected chi connectivity index (χ3v) is 7.59. The molecule has 4 rings (SSSR count). The second kappa shape index (κ2) is 8.38. The smallest absolute Gasteiger partial charge is 0.407 e. The van der Waals surface area contributed by atoms with Gasteiger partial charge >= 0.3 is 6.09 Å². The van der Waals surface area contributed by atoms with Crippen molar-refractivity contribution in [3.63, 3.8) is 0 Å². The number of rotatable bonds is 4. The molecule has 1 aliphatic rings. The number of halogens is 1. The number of carbonyl (C=O) groups is 1. The van der Waals surface area contributed by atoms with Crippen LogP contribution in [0.4, 0.5) is 10.5 Å². The van der Waals surface area contributed by atoms with Gasteiger partial charge in [0.05, 0.1) is 15.9 Å². The Morgan fingerprint density at radius 2 is 1.69 bits per heavy atom. The summed E-state index contributed by atoms with van der Waals surface area (Å²) in [4.78, 5) is 23.4. The minimum absolute atomic E-state index is 0.00320. The lowest BCUT2D eigenvalue weighted by molar-refractivity contribution is -0.384. The summed E-state index contributed by atoms with van der Waals surface area (Å²) >= 11 is 5.99. The minimum atomic E-state index is -3.90. The summed E-state index contributed by atoms with van der Waals surface area (Å²) in [5.74, 6) is 0. The molecule has 1 fully saturated rings. The van der Waals surface area contributed by atoms with Crippen molar-refractivity contribution in [3.8, 4) is 0 Å². The second-order valence-corrected chi connectivity index (χ2v) is 9.73. The molecule has 0 radical (unpaired) electrons. The Morgan fingerprint density at radius 3 is 2.34 bits per heavy atom. The number of amides is 1. The lowest BCUT2D eigenvalue weighted by Gasteiger charge is -2.39. The van der Waals surface area contributed by atoms with Gasteiger partial charge < -0.3 is 5.11 Å². The Kier molecular flexibility index (Phi) is 5.76. The topological polar surface area (TPSA) is 121 Å². The largest absolute Gasteiger partial charge is 0.465 e. The number of nitro groups is 1. The summed E-state index contributed by atoms with van der Waals surface area (Å²) < 4.78 is 27.9. The van der Waals surface area contributed by atoms with Gasteiger partial charge in [0, 0.05) is 36.8 Å². The lowest BCUT2D eigenvalue weighted by atomic mass is 10.0. The molecule has 1 aliphatic heterocycles. The minimum Gasteiger partial charge on any atom is -0.465 e. The average Bonchev–Trinajstić information content (AvgIpc) is 2.78. The van der Waals surface area contributed by atoms with E-state index in [0.29, 0.717) is 16.0 Å². The maximum Gasteiger partial charge on any atom is 0.407 e. The van der Waals surface area contributed by atoms with Crippen LogP contribution in [-0.2, 0) is 10.0 Å². The van der Waals surface area contributed by atoms with Crippen LogP contribution in [0.5, 0.6) is 0 Å². The van der Waals surface area contributed by atoms with Gasteiger partial charge in [0.25, 0.3) is 5.69 Å². The monoisotopic (exact) mass is 475 g/mol. The van der Waals surface area contributed by atoms with Crippen molar-refractivity contribution in [2.45, 2.75) is 10.9 Å². The maximum absolute atomic E-state index is 13.3. The lowest BCUT2D eigenvalue weighted by Crippen LogP contribution is -2.51. The van der Waals surface area contributed by atoms with Crippen LogP contribution < -0.4 is 0 Å². The van der Waals surface area contributed by atoms with E-state index in [4.69, 9.17) is 11.6 Å². The van der Waals surface area contributed by atoms with Crippen molar-refractivity contribution in [1.29, 1.82) is 0 Å². The highest BCUT2D eigenvalue weighted by Gasteiger charge is 2.37. The van der Waals surface area contributed by atoms with Crippen molar-refractivity contribution in [2.75, 3.05) is 19.6 Å². The SMILES string of the molecule is O=C(O)N1CCN(S(=O)(=O)c2ccc3cc(Cl)ccc3c2)CC1c1ccc([N+](=O)[O-])cc1. The first-order valence-electron chi connectivity index (χ1n) is 9.60. The summed E-state index contributed by atoms with van der Waals surface area (Å²) in [5, 5.41) is 22.6. The third-order valence-electron chi connectivity index (χ3n) is 5.49. The fraction of sp³-hybridized carbons (Fsp3) is 0.190. The van der Waals surface area contributed by atoms with E-state index in [0.717, 1.165) is 10.3 Å². The van der Waals surface area contributed by atoms with Crippen LogP contribution in [0.3, 0.4) is 0 Å². The van der Waals surface area contributed by atoms with E-state index < -0.39 is 27.1 Å². The molecule has 9 nitrogen and oxygen atoms in total. The zero-order chi connectivity index (χ0) is 23.0. The fourth-order valence-electron chi connectivity index (χ4n) is 3.81. The number of hydrogen-bond donors (Lipinski definition) is 1. The molecule has 3 aromatic rings. The number of carboxylic acid groups (broad SMARTS) is 1. The van der Waals surface area contributed by atoms with Crippen LogP contribution in [0.15, 0.2) is 65.6 Å². The van der Waals surface area contributed by atoms with E-state index >= 15 is 0 Å². The highest BCUT2D eigenvalue weighted by molar-refractivity contribution is 7.89. The normalized spacial score (nSPS) is 17.4. The molecule has 1 saturated heterocycles. The summed E-state index contributed by atoms with van der Waals surface area (Å²) in [6, 6.07) is 14.5. The Balaban J connectivity index is 1.67. The quantitative estimate of drug-likeness (QED) is 0.447. The van der Waals surface area contributed by atoms with Crippen LogP contribution >= 0.6 is 11.6 Å². The van der Waals surface area contributed by atoms with Gasteiger partial charge in [0.15, 0.2) is 0 Å². The van der Waals surface area contributed by atoms with Gasteiger partial charge in [-0.2, -0.15) is 4.31 Å². The molecule has 0 aromatic heterocycles. The predicted molar refractivity (Wildman–Crippen MR) is 118 cm³/mol.